The summed E-state index contributed by atoms with van der Waals surface area (Å²) in [6, 6.07) is 9.27. The van der Waals surface area contributed by atoms with Crippen LogP contribution in [-0.4, -0.2) is 17.6 Å². The van der Waals surface area contributed by atoms with Crippen molar-refractivity contribution in [1.29, 1.82) is 0 Å². The van der Waals surface area contributed by atoms with Gasteiger partial charge in [-0.15, -0.1) is 0 Å². The maximum atomic E-state index is 3.62. The molecule has 0 saturated carbocycles. The second kappa shape index (κ2) is 4.19. The fraction of sp³-hybridized carbons (Fsp3) is 0.467. The van der Waals surface area contributed by atoms with Crippen LogP contribution in [0.4, 0.5) is 0 Å². The molecule has 3 rings (SSSR count). The molecule has 0 aliphatic carbocycles. The van der Waals surface area contributed by atoms with Gasteiger partial charge in [-0.1, -0.05) is 25.1 Å². The minimum atomic E-state index is 0.655. The molecule has 2 N–H and O–H groups in total. The van der Waals surface area contributed by atoms with Crippen LogP contribution in [0.2, 0.25) is 0 Å². The Kier molecular flexibility index (Phi) is 2.67. The average molecular weight is 228 g/mol. The van der Waals surface area contributed by atoms with Crippen molar-refractivity contribution in [3.8, 4) is 0 Å². The minimum Gasteiger partial charge on any atom is -0.358 e. The second-order valence-corrected chi connectivity index (χ2v) is 5.42. The highest BCUT2D eigenvalue weighted by Gasteiger charge is 2.22. The molecule has 0 radical (unpaired) electrons. The van der Waals surface area contributed by atoms with Crippen LogP contribution in [0.5, 0.6) is 0 Å². The first kappa shape index (κ1) is 10.8. The third kappa shape index (κ3) is 1.98. The summed E-state index contributed by atoms with van der Waals surface area (Å²) < 4.78 is 0. The first-order chi connectivity index (χ1) is 8.24. The van der Waals surface area contributed by atoms with Crippen LogP contribution in [-0.2, 0) is 6.42 Å². The van der Waals surface area contributed by atoms with Crippen molar-refractivity contribution >= 4 is 10.9 Å². The van der Waals surface area contributed by atoms with Gasteiger partial charge < -0.3 is 10.3 Å². The summed E-state index contributed by atoms with van der Waals surface area (Å²) in [5, 5.41) is 5.02. The van der Waals surface area contributed by atoms with Crippen molar-refractivity contribution in [2.75, 3.05) is 6.54 Å². The predicted molar refractivity (Wildman–Crippen MR) is 72.3 cm³/mol. The molecule has 90 valence electrons. The summed E-state index contributed by atoms with van der Waals surface area (Å²) in [6.07, 6.45) is 2.46. The highest BCUT2D eigenvalue weighted by atomic mass is 14.9. The van der Waals surface area contributed by atoms with E-state index in [9.17, 15) is 0 Å². The Balaban J connectivity index is 1.91. The number of nitrogens with one attached hydrogen (secondary N) is 2. The first-order valence-corrected chi connectivity index (χ1v) is 6.53. The maximum Gasteiger partial charge on any atom is 0.0458 e. The first-order valence-electron chi connectivity index (χ1n) is 6.53. The van der Waals surface area contributed by atoms with Gasteiger partial charge in [-0.05, 0) is 43.9 Å². The molecule has 2 heterocycles. The van der Waals surface area contributed by atoms with Crippen molar-refractivity contribution in [3.63, 3.8) is 0 Å². The zero-order chi connectivity index (χ0) is 11.8. The third-order valence-corrected chi connectivity index (χ3v) is 3.92. The zero-order valence-corrected chi connectivity index (χ0v) is 10.6. The molecule has 1 fully saturated rings. The SMILES string of the molecule is Cc1[nH]c2ccccc2c1C[C@H]1CC(C)CN1. The van der Waals surface area contributed by atoms with E-state index in [4.69, 9.17) is 0 Å². The number of hydrogen-bond donors (Lipinski definition) is 2. The summed E-state index contributed by atoms with van der Waals surface area (Å²) in [5.41, 5.74) is 4.09. The van der Waals surface area contributed by atoms with Crippen LogP contribution in [0.3, 0.4) is 0 Å². The molecule has 1 aromatic heterocycles. The molecule has 2 atom stereocenters. The zero-order valence-electron chi connectivity index (χ0n) is 10.6. The highest BCUT2D eigenvalue weighted by molar-refractivity contribution is 5.84. The lowest BCUT2D eigenvalue weighted by Gasteiger charge is -2.10. The fourth-order valence-electron chi connectivity index (χ4n) is 3.02. The highest BCUT2D eigenvalue weighted by Crippen LogP contribution is 2.25. The van der Waals surface area contributed by atoms with Gasteiger partial charge in [0.15, 0.2) is 0 Å². The van der Waals surface area contributed by atoms with Crippen molar-refractivity contribution < 1.29 is 0 Å². The number of aryl methyl sites for hydroxylation is 1. The Labute approximate surface area is 102 Å². The lowest BCUT2D eigenvalue weighted by Crippen LogP contribution is -2.23. The molecular formula is C15H20N2. The van der Waals surface area contributed by atoms with Crippen LogP contribution < -0.4 is 5.32 Å². The minimum absolute atomic E-state index is 0.655. The summed E-state index contributed by atoms with van der Waals surface area (Å²) in [6.45, 7) is 5.69. The molecule has 2 nitrogen and oxygen atoms in total. The molecule has 1 aliphatic heterocycles. The van der Waals surface area contributed by atoms with Gasteiger partial charge >= 0.3 is 0 Å². The standard InChI is InChI=1S/C15H20N2/c1-10-7-12(16-9-10)8-14-11(2)17-15-6-4-3-5-13(14)15/h3-6,10,12,16-17H,7-9H2,1-2H3/t10?,12-/m1/s1. The van der Waals surface area contributed by atoms with Gasteiger partial charge in [-0.2, -0.15) is 0 Å². The van der Waals surface area contributed by atoms with Crippen molar-refractivity contribution in [1.82, 2.24) is 10.3 Å². The van der Waals surface area contributed by atoms with E-state index in [1.807, 2.05) is 0 Å². The number of fused-ring (bicyclic) bond motifs is 1. The summed E-state index contributed by atoms with van der Waals surface area (Å²) >= 11 is 0. The van der Waals surface area contributed by atoms with E-state index in [0.717, 1.165) is 12.3 Å². The molecule has 1 saturated heterocycles. The van der Waals surface area contributed by atoms with Crippen LogP contribution in [0.25, 0.3) is 10.9 Å². The number of H-pyrrole nitrogens is 1. The molecule has 2 heteroatoms. The van der Waals surface area contributed by atoms with E-state index in [-0.39, 0.29) is 0 Å². The van der Waals surface area contributed by atoms with E-state index in [0.29, 0.717) is 6.04 Å². The number of rotatable bonds is 2. The molecule has 0 spiro atoms. The van der Waals surface area contributed by atoms with Crippen LogP contribution >= 0.6 is 0 Å². The number of para-hydroxylation sites is 1. The van der Waals surface area contributed by atoms with Crippen molar-refractivity contribution in [2.45, 2.75) is 32.7 Å². The lowest BCUT2D eigenvalue weighted by molar-refractivity contribution is 0.581. The summed E-state index contributed by atoms with van der Waals surface area (Å²) in [4.78, 5) is 3.48. The van der Waals surface area contributed by atoms with Gasteiger partial charge in [-0.3, -0.25) is 0 Å². The number of aromatic nitrogens is 1. The number of hydrogen-bond acceptors (Lipinski definition) is 1. The van der Waals surface area contributed by atoms with Gasteiger partial charge in [0, 0.05) is 22.6 Å². The van der Waals surface area contributed by atoms with Crippen LogP contribution in [0.15, 0.2) is 24.3 Å². The Morgan fingerprint density at radius 2 is 2.12 bits per heavy atom. The predicted octanol–water partition coefficient (Wildman–Crippen LogP) is 3.02. The number of benzene rings is 1. The molecular weight excluding hydrogens is 208 g/mol. The monoisotopic (exact) mass is 228 g/mol. The topological polar surface area (TPSA) is 27.8 Å². The van der Waals surface area contributed by atoms with E-state index in [1.165, 1.54) is 35.1 Å². The fourth-order valence-corrected chi connectivity index (χ4v) is 3.02. The molecule has 17 heavy (non-hydrogen) atoms. The Hall–Kier alpha value is -1.28. The molecule has 2 aromatic rings. The molecule has 0 amide bonds. The average Bonchev–Trinajstić information content (AvgIpc) is 2.85. The van der Waals surface area contributed by atoms with E-state index in [2.05, 4.69) is 48.4 Å². The third-order valence-electron chi connectivity index (χ3n) is 3.92. The normalized spacial score (nSPS) is 24.6. The number of aromatic amines is 1. The van der Waals surface area contributed by atoms with Gasteiger partial charge in [0.25, 0.3) is 0 Å². The van der Waals surface area contributed by atoms with Crippen LogP contribution in [0, 0.1) is 12.8 Å². The molecule has 0 bridgehead atoms. The molecule has 1 aromatic carbocycles. The summed E-state index contributed by atoms with van der Waals surface area (Å²) in [7, 11) is 0. The maximum absolute atomic E-state index is 3.62. The largest absolute Gasteiger partial charge is 0.358 e. The quantitative estimate of drug-likeness (QED) is 0.812. The van der Waals surface area contributed by atoms with Gasteiger partial charge in [0.1, 0.15) is 0 Å². The van der Waals surface area contributed by atoms with Gasteiger partial charge in [0.05, 0.1) is 0 Å². The van der Waals surface area contributed by atoms with E-state index in [1.54, 1.807) is 0 Å². The van der Waals surface area contributed by atoms with Crippen molar-refractivity contribution in [3.05, 3.63) is 35.5 Å². The lowest BCUT2D eigenvalue weighted by atomic mass is 9.99. The van der Waals surface area contributed by atoms with E-state index >= 15 is 0 Å². The van der Waals surface area contributed by atoms with Gasteiger partial charge in [0.2, 0.25) is 0 Å². The van der Waals surface area contributed by atoms with E-state index < -0.39 is 0 Å². The Morgan fingerprint density at radius 1 is 1.29 bits per heavy atom. The Morgan fingerprint density at radius 3 is 2.88 bits per heavy atom. The second-order valence-electron chi connectivity index (χ2n) is 5.42. The smallest absolute Gasteiger partial charge is 0.0458 e. The Bertz CT molecular complexity index is 527. The van der Waals surface area contributed by atoms with Crippen molar-refractivity contribution in [2.24, 2.45) is 5.92 Å². The molecule has 1 aliphatic rings. The van der Waals surface area contributed by atoms with Crippen LogP contribution in [0.1, 0.15) is 24.6 Å². The molecule has 1 unspecified atom stereocenters. The van der Waals surface area contributed by atoms with Gasteiger partial charge in [-0.25, -0.2) is 0 Å². The summed E-state index contributed by atoms with van der Waals surface area (Å²) in [5.74, 6) is 0.825.